The normalized spacial score (nSPS) is 10.7. The molecule has 6 heteroatoms. The highest BCUT2D eigenvalue weighted by atomic mass is 32.2. The van der Waals surface area contributed by atoms with Crippen LogP contribution in [0.4, 0.5) is 5.82 Å². The number of carbonyl (C=O) groups is 1. The number of unbranched alkanes of at least 4 members (excludes halogenated alkanes) is 1. The van der Waals surface area contributed by atoms with E-state index in [9.17, 15) is 4.79 Å². The third-order valence-electron chi connectivity index (χ3n) is 2.61. The Labute approximate surface area is 118 Å². The number of aromatic nitrogens is 2. The summed E-state index contributed by atoms with van der Waals surface area (Å²) in [5.74, 6) is 0.961. The van der Waals surface area contributed by atoms with E-state index in [0.717, 1.165) is 31.6 Å². The van der Waals surface area contributed by atoms with Gasteiger partial charge in [-0.25, -0.2) is 9.48 Å². The Morgan fingerprint density at radius 3 is 2.68 bits per heavy atom. The quantitative estimate of drug-likeness (QED) is 0.587. The van der Waals surface area contributed by atoms with Crippen LogP contribution in [-0.2, 0) is 11.3 Å². The number of carbonyl (C=O) groups excluding carboxylic acids is 1. The molecule has 0 aliphatic carbocycles. The zero-order chi connectivity index (χ0) is 14.3. The molecule has 0 saturated heterocycles. The summed E-state index contributed by atoms with van der Waals surface area (Å²) in [5.41, 5.74) is 6.46. The summed E-state index contributed by atoms with van der Waals surface area (Å²) >= 11 is 1.56. The van der Waals surface area contributed by atoms with Gasteiger partial charge in [-0.1, -0.05) is 20.3 Å². The molecule has 0 atom stereocenters. The lowest BCUT2D eigenvalue weighted by molar-refractivity contribution is 0.0523. The zero-order valence-corrected chi connectivity index (χ0v) is 12.8. The second-order valence-corrected chi connectivity index (χ2v) is 5.29. The number of anilines is 1. The van der Waals surface area contributed by atoms with E-state index in [1.54, 1.807) is 23.4 Å². The zero-order valence-electron chi connectivity index (χ0n) is 11.9. The number of hydrogen-bond donors (Lipinski definition) is 1. The summed E-state index contributed by atoms with van der Waals surface area (Å²) in [4.78, 5) is 12.0. The van der Waals surface area contributed by atoms with Crippen LogP contribution in [0.5, 0.6) is 0 Å². The van der Waals surface area contributed by atoms with Gasteiger partial charge in [-0.2, -0.15) is 5.10 Å². The second kappa shape index (κ2) is 8.09. The maximum atomic E-state index is 12.0. The molecule has 0 fully saturated rings. The molecule has 0 aliphatic heterocycles. The first kappa shape index (κ1) is 15.9. The first-order valence-electron chi connectivity index (χ1n) is 6.81. The van der Waals surface area contributed by atoms with Crippen LogP contribution in [0, 0.1) is 0 Å². The molecule has 1 aromatic heterocycles. The Morgan fingerprint density at radius 2 is 2.11 bits per heavy atom. The molecule has 2 N–H and O–H groups in total. The van der Waals surface area contributed by atoms with Crippen molar-refractivity contribution in [1.82, 2.24) is 9.78 Å². The van der Waals surface area contributed by atoms with Gasteiger partial charge in [0.1, 0.15) is 16.4 Å². The fraction of sp³-hybridized carbons (Fsp3) is 0.692. The fourth-order valence-corrected chi connectivity index (χ4v) is 2.51. The molecule has 0 saturated carbocycles. The lowest BCUT2D eigenvalue weighted by atomic mass is 10.3. The molecule has 19 heavy (non-hydrogen) atoms. The number of nitrogens with two attached hydrogens (primary N) is 1. The van der Waals surface area contributed by atoms with E-state index in [4.69, 9.17) is 10.5 Å². The smallest absolute Gasteiger partial charge is 0.344 e. The number of aryl methyl sites for hydroxylation is 1. The lowest BCUT2D eigenvalue weighted by Gasteiger charge is -2.04. The van der Waals surface area contributed by atoms with Gasteiger partial charge >= 0.3 is 5.97 Å². The van der Waals surface area contributed by atoms with E-state index >= 15 is 0 Å². The Bertz CT molecular complexity index is 418. The molecule has 0 spiro atoms. The minimum absolute atomic E-state index is 0.344. The summed E-state index contributed by atoms with van der Waals surface area (Å²) in [6.45, 7) is 7.07. The van der Waals surface area contributed by atoms with Crippen LogP contribution >= 0.6 is 11.8 Å². The molecule has 1 heterocycles. The molecule has 0 aromatic carbocycles. The Morgan fingerprint density at radius 1 is 1.37 bits per heavy atom. The number of ether oxygens (including phenoxy) is 1. The molecule has 5 nitrogen and oxygen atoms in total. The Hall–Kier alpha value is -1.17. The van der Waals surface area contributed by atoms with Gasteiger partial charge in [0, 0.05) is 6.54 Å². The second-order valence-electron chi connectivity index (χ2n) is 4.21. The van der Waals surface area contributed by atoms with Gasteiger partial charge < -0.3 is 10.5 Å². The van der Waals surface area contributed by atoms with Crippen molar-refractivity contribution in [3.8, 4) is 0 Å². The standard InChI is InChI=1S/C13H23N3O2S/c1-4-7-8-16-11(14)10(13(17)18-6-3)12(15-16)19-9-5-2/h4-9,14H2,1-3H3. The highest BCUT2D eigenvalue weighted by molar-refractivity contribution is 7.99. The maximum absolute atomic E-state index is 12.0. The molecular weight excluding hydrogens is 262 g/mol. The molecule has 0 amide bonds. The number of esters is 1. The number of nitrogens with zero attached hydrogens (tertiary/aromatic N) is 2. The monoisotopic (exact) mass is 285 g/mol. The van der Waals surface area contributed by atoms with Gasteiger partial charge in [-0.15, -0.1) is 11.8 Å². The topological polar surface area (TPSA) is 70.1 Å². The highest BCUT2D eigenvalue weighted by Gasteiger charge is 2.23. The third kappa shape index (κ3) is 4.16. The van der Waals surface area contributed by atoms with E-state index in [1.165, 1.54) is 0 Å². The summed E-state index contributed by atoms with van der Waals surface area (Å²) < 4.78 is 6.78. The summed E-state index contributed by atoms with van der Waals surface area (Å²) in [6, 6.07) is 0. The van der Waals surface area contributed by atoms with E-state index < -0.39 is 0 Å². The third-order valence-corrected chi connectivity index (χ3v) is 3.78. The van der Waals surface area contributed by atoms with Crippen molar-refractivity contribution in [2.45, 2.75) is 51.6 Å². The summed E-state index contributed by atoms with van der Waals surface area (Å²) in [7, 11) is 0. The van der Waals surface area contributed by atoms with Crippen molar-refractivity contribution >= 4 is 23.5 Å². The van der Waals surface area contributed by atoms with Gasteiger partial charge in [-0.3, -0.25) is 0 Å². The average molecular weight is 285 g/mol. The van der Waals surface area contributed by atoms with Crippen LogP contribution in [-0.4, -0.2) is 28.1 Å². The molecule has 1 rings (SSSR count). The predicted octanol–water partition coefficient (Wildman–Crippen LogP) is 2.94. The molecule has 1 aromatic rings. The summed E-state index contributed by atoms with van der Waals surface area (Å²) in [6.07, 6.45) is 3.08. The number of thioether (sulfide) groups is 1. The number of hydrogen-bond acceptors (Lipinski definition) is 5. The fourth-order valence-electron chi connectivity index (χ4n) is 1.63. The average Bonchev–Trinajstić information content (AvgIpc) is 2.70. The SMILES string of the molecule is CCCCn1nc(SCCC)c(C(=O)OCC)c1N. The van der Waals surface area contributed by atoms with Crippen molar-refractivity contribution < 1.29 is 9.53 Å². The molecular formula is C13H23N3O2S. The van der Waals surface area contributed by atoms with Crippen molar-refractivity contribution in [3.63, 3.8) is 0 Å². The minimum atomic E-state index is -0.374. The Balaban J connectivity index is 3.00. The molecule has 0 aliphatic rings. The van der Waals surface area contributed by atoms with E-state index in [0.29, 0.717) is 23.0 Å². The molecule has 108 valence electrons. The van der Waals surface area contributed by atoms with E-state index in [2.05, 4.69) is 18.9 Å². The molecule has 0 radical (unpaired) electrons. The maximum Gasteiger partial charge on any atom is 0.344 e. The lowest BCUT2D eigenvalue weighted by Crippen LogP contribution is -2.10. The number of rotatable bonds is 8. The van der Waals surface area contributed by atoms with Crippen LogP contribution in [0.2, 0.25) is 0 Å². The van der Waals surface area contributed by atoms with Gasteiger partial charge in [0.2, 0.25) is 0 Å². The summed E-state index contributed by atoms with van der Waals surface area (Å²) in [5, 5.41) is 5.13. The van der Waals surface area contributed by atoms with Crippen LogP contribution in [0.25, 0.3) is 0 Å². The first-order valence-corrected chi connectivity index (χ1v) is 7.80. The van der Waals surface area contributed by atoms with Gasteiger partial charge in [-0.05, 0) is 25.5 Å². The van der Waals surface area contributed by atoms with E-state index in [-0.39, 0.29) is 5.97 Å². The predicted molar refractivity (Wildman–Crippen MR) is 78.5 cm³/mol. The largest absolute Gasteiger partial charge is 0.462 e. The first-order chi connectivity index (χ1) is 9.15. The van der Waals surface area contributed by atoms with E-state index in [1.807, 2.05) is 0 Å². The van der Waals surface area contributed by atoms with Crippen LogP contribution in [0.1, 0.15) is 50.4 Å². The van der Waals surface area contributed by atoms with Crippen molar-refractivity contribution in [3.05, 3.63) is 5.56 Å². The van der Waals surface area contributed by atoms with Gasteiger partial charge in [0.15, 0.2) is 0 Å². The van der Waals surface area contributed by atoms with Crippen molar-refractivity contribution in [2.75, 3.05) is 18.1 Å². The molecule has 0 bridgehead atoms. The number of nitrogen functional groups attached to an aromatic ring is 1. The highest BCUT2D eigenvalue weighted by Crippen LogP contribution is 2.28. The van der Waals surface area contributed by atoms with Gasteiger partial charge in [0.05, 0.1) is 6.61 Å². The van der Waals surface area contributed by atoms with Gasteiger partial charge in [0.25, 0.3) is 0 Å². The van der Waals surface area contributed by atoms with Crippen molar-refractivity contribution in [2.24, 2.45) is 0 Å². The van der Waals surface area contributed by atoms with Crippen LogP contribution in [0.15, 0.2) is 5.03 Å². The van der Waals surface area contributed by atoms with Crippen LogP contribution < -0.4 is 5.73 Å². The van der Waals surface area contributed by atoms with Crippen LogP contribution in [0.3, 0.4) is 0 Å². The Kier molecular flexibility index (Phi) is 6.77. The molecule has 0 unspecified atom stereocenters. The van der Waals surface area contributed by atoms with Crippen molar-refractivity contribution in [1.29, 1.82) is 0 Å². The minimum Gasteiger partial charge on any atom is -0.462 e.